The van der Waals surface area contributed by atoms with Crippen molar-refractivity contribution in [1.29, 1.82) is 0 Å². The number of ketones is 1. The third-order valence-electron chi connectivity index (χ3n) is 6.43. The fraction of sp³-hybridized carbons (Fsp3) is 0.926. The highest BCUT2D eigenvalue weighted by Gasteiger charge is 2.43. The summed E-state index contributed by atoms with van der Waals surface area (Å²) in [6.45, 7) is 2.07. The van der Waals surface area contributed by atoms with Crippen LogP contribution in [0.5, 0.6) is 0 Å². The zero-order chi connectivity index (χ0) is 26.5. The van der Waals surface area contributed by atoms with Gasteiger partial charge in [0.2, 0.25) is 0 Å². The molecule has 4 atom stereocenters. The van der Waals surface area contributed by atoms with Crippen molar-refractivity contribution in [3.8, 4) is 0 Å². The number of carbonyl (C=O) groups is 2. The topological polar surface area (TPSA) is 145 Å². The van der Waals surface area contributed by atoms with E-state index in [1.807, 2.05) is 0 Å². The number of aliphatic hydroxyl groups is 5. The predicted molar refractivity (Wildman–Crippen MR) is 136 cm³/mol. The third-order valence-corrected chi connectivity index (χ3v) is 6.43. The third kappa shape index (κ3) is 17.9. The molecule has 8 heteroatoms. The maximum atomic E-state index is 12.1. The van der Waals surface area contributed by atoms with Crippen molar-refractivity contribution in [2.45, 2.75) is 154 Å². The first-order valence-electron chi connectivity index (χ1n) is 13.8. The second kappa shape index (κ2) is 21.1. The molecule has 0 aromatic rings. The van der Waals surface area contributed by atoms with Crippen LogP contribution >= 0.6 is 0 Å². The largest absolute Gasteiger partial charge is 0.427 e. The van der Waals surface area contributed by atoms with Gasteiger partial charge >= 0.3 is 5.97 Å². The second-order valence-corrected chi connectivity index (χ2v) is 9.94. The van der Waals surface area contributed by atoms with Crippen molar-refractivity contribution in [2.24, 2.45) is 0 Å². The van der Waals surface area contributed by atoms with Crippen LogP contribution in [0.25, 0.3) is 0 Å². The maximum absolute atomic E-state index is 12.1. The minimum absolute atomic E-state index is 0.300. The van der Waals surface area contributed by atoms with Crippen molar-refractivity contribution in [3.05, 3.63) is 0 Å². The molecular weight excluding hydrogens is 452 g/mol. The molecule has 0 radical (unpaired) electrons. The number of Topliss-reactive ketones (excluding diaryl/α,β-unsaturated/α-hetero) is 1. The van der Waals surface area contributed by atoms with Gasteiger partial charge in [-0.3, -0.25) is 9.59 Å². The lowest BCUT2D eigenvalue weighted by molar-refractivity contribution is -0.255. The lowest BCUT2D eigenvalue weighted by Crippen LogP contribution is -2.53. The highest BCUT2D eigenvalue weighted by atomic mass is 16.7. The minimum atomic E-state index is -2.72. The molecule has 0 aromatic heterocycles. The van der Waals surface area contributed by atoms with Crippen LogP contribution in [0, 0.1) is 0 Å². The average Bonchev–Trinajstić information content (AvgIpc) is 2.81. The van der Waals surface area contributed by atoms with Crippen molar-refractivity contribution in [3.63, 3.8) is 0 Å². The van der Waals surface area contributed by atoms with Gasteiger partial charge in [0.05, 0.1) is 12.2 Å². The summed E-state index contributed by atoms with van der Waals surface area (Å²) in [6.07, 6.45) is 14.5. The number of aliphatic hydroxyl groups excluding tert-OH is 4. The zero-order valence-corrected chi connectivity index (χ0v) is 22.1. The van der Waals surface area contributed by atoms with Gasteiger partial charge in [-0.15, -0.1) is 0 Å². The molecule has 0 aliphatic heterocycles. The first-order valence-corrected chi connectivity index (χ1v) is 13.8. The highest BCUT2D eigenvalue weighted by molar-refractivity contribution is 5.84. The van der Waals surface area contributed by atoms with E-state index in [1.165, 1.54) is 64.2 Å². The van der Waals surface area contributed by atoms with Crippen LogP contribution in [0.3, 0.4) is 0 Å². The summed E-state index contributed by atoms with van der Waals surface area (Å²) in [6, 6.07) is 0. The normalized spacial score (nSPS) is 15.9. The summed E-state index contributed by atoms with van der Waals surface area (Å²) in [4.78, 5) is 23.1. The predicted octanol–water partition coefficient (Wildman–Crippen LogP) is 3.92. The summed E-state index contributed by atoms with van der Waals surface area (Å²) in [5.74, 6) is -4.61. The first-order chi connectivity index (χ1) is 16.7. The molecule has 35 heavy (non-hydrogen) atoms. The molecule has 0 rings (SSSR count). The quantitative estimate of drug-likeness (QED) is 0.0755. The number of hydrogen-bond acceptors (Lipinski definition) is 8. The van der Waals surface area contributed by atoms with Gasteiger partial charge in [-0.1, -0.05) is 96.8 Å². The van der Waals surface area contributed by atoms with Crippen LogP contribution in [0.15, 0.2) is 0 Å². The van der Waals surface area contributed by atoms with Crippen LogP contribution in [0.2, 0.25) is 0 Å². The van der Waals surface area contributed by atoms with Crippen LogP contribution in [-0.4, -0.2) is 68.0 Å². The number of rotatable bonds is 24. The molecular formula is C27H52O8. The van der Waals surface area contributed by atoms with Gasteiger partial charge in [0.15, 0.2) is 11.9 Å². The number of carbonyl (C=O) groups excluding carboxylic acids is 2. The van der Waals surface area contributed by atoms with Crippen LogP contribution in [0.1, 0.15) is 129 Å². The van der Waals surface area contributed by atoms with Gasteiger partial charge in [0.1, 0.15) is 6.61 Å². The van der Waals surface area contributed by atoms with E-state index in [9.17, 15) is 30.0 Å². The lowest BCUT2D eigenvalue weighted by Gasteiger charge is -2.29. The van der Waals surface area contributed by atoms with Crippen molar-refractivity contribution in [2.75, 3.05) is 6.61 Å². The Morgan fingerprint density at radius 3 is 1.54 bits per heavy atom. The van der Waals surface area contributed by atoms with E-state index in [2.05, 4.69) is 11.7 Å². The van der Waals surface area contributed by atoms with Crippen molar-refractivity contribution < 1.29 is 39.9 Å². The zero-order valence-electron chi connectivity index (χ0n) is 22.1. The Bertz CT molecular complexity index is 541. The maximum Gasteiger partial charge on any atom is 0.305 e. The van der Waals surface area contributed by atoms with Crippen molar-refractivity contribution >= 4 is 11.8 Å². The Balaban J connectivity index is 3.76. The summed E-state index contributed by atoms with van der Waals surface area (Å²) in [7, 11) is 0. The average molecular weight is 505 g/mol. The van der Waals surface area contributed by atoms with Gasteiger partial charge in [-0.05, 0) is 19.3 Å². The van der Waals surface area contributed by atoms with Crippen molar-refractivity contribution in [1.82, 2.24) is 0 Å². The van der Waals surface area contributed by atoms with E-state index in [1.54, 1.807) is 0 Å². The summed E-state index contributed by atoms with van der Waals surface area (Å²) in [5, 5.41) is 49.2. The number of esters is 1. The molecule has 8 nitrogen and oxygen atoms in total. The lowest BCUT2D eigenvalue weighted by atomic mass is 9.97. The molecule has 0 bridgehead atoms. The molecule has 0 amide bonds. The molecule has 0 fully saturated rings. The van der Waals surface area contributed by atoms with Crippen LogP contribution in [-0.2, 0) is 14.3 Å². The molecule has 0 heterocycles. The van der Waals surface area contributed by atoms with Gasteiger partial charge in [-0.25, -0.2) is 0 Å². The summed E-state index contributed by atoms with van der Waals surface area (Å²) >= 11 is 0. The van der Waals surface area contributed by atoms with E-state index in [4.69, 9.17) is 5.11 Å². The van der Waals surface area contributed by atoms with E-state index in [-0.39, 0.29) is 6.10 Å². The fourth-order valence-corrected chi connectivity index (χ4v) is 4.25. The van der Waals surface area contributed by atoms with Crippen LogP contribution in [0.4, 0.5) is 0 Å². The van der Waals surface area contributed by atoms with Gasteiger partial charge < -0.3 is 30.3 Å². The van der Waals surface area contributed by atoms with E-state index >= 15 is 0 Å². The smallest absolute Gasteiger partial charge is 0.305 e. The number of hydrogen-bond donors (Lipinski definition) is 5. The SMILES string of the molecule is CCCCCCCCCCCCCCC(O)CCCCC(O)CC(=O)C(O)C(O)(CO)OC(C)=O. The molecule has 0 saturated carbocycles. The Labute approximate surface area is 212 Å². The van der Waals surface area contributed by atoms with Gasteiger partial charge in [0, 0.05) is 13.3 Å². The Kier molecular flexibility index (Phi) is 20.4. The Morgan fingerprint density at radius 2 is 1.11 bits per heavy atom. The Hall–Kier alpha value is -1.06. The second-order valence-electron chi connectivity index (χ2n) is 9.94. The molecule has 0 aromatic carbocycles. The number of ether oxygens (including phenoxy) is 1. The standard InChI is InChI=1S/C27H52O8/c1-3-4-5-6-7-8-9-10-11-12-13-14-17-23(30)18-15-16-19-24(31)20-25(32)26(33)27(34,21-28)35-22(2)29/h23-24,26,28,30-31,33-34H,3-21H2,1-2H3. The molecule has 0 aliphatic rings. The molecule has 4 unspecified atom stereocenters. The van der Waals surface area contributed by atoms with E-state index in [0.29, 0.717) is 25.7 Å². The molecule has 0 aliphatic carbocycles. The van der Waals surface area contributed by atoms with E-state index in [0.717, 1.165) is 26.2 Å². The first kappa shape index (κ1) is 33.9. The number of unbranched alkanes of at least 4 members (excludes halogenated alkanes) is 12. The minimum Gasteiger partial charge on any atom is -0.427 e. The van der Waals surface area contributed by atoms with Gasteiger partial charge in [-0.2, -0.15) is 0 Å². The summed E-state index contributed by atoms with van der Waals surface area (Å²) < 4.78 is 4.45. The van der Waals surface area contributed by atoms with Gasteiger partial charge in [0.25, 0.3) is 5.79 Å². The highest BCUT2D eigenvalue weighted by Crippen LogP contribution is 2.18. The van der Waals surface area contributed by atoms with E-state index < -0.39 is 42.8 Å². The molecule has 0 saturated heterocycles. The molecule has 0 spiro atoms. The fourth-order valence-electron chi connectivity index (χ4n) is 4.25. The van der Waals surface area contributed by atoms with Crippen LogP contribution < -0.4 is 0 Å². The molecule has 5 N–H and O–H groups in total. The summed E-state index contributed by atoms with van der Waals surface area (Å²) in [5.41, 5.74) is 0. The monoisotopic (exact) mass is 504 g/mol. The molecule has 208 valence electrons. The Morgan fingerprint density at radius 1 is 0.714 bits per heavy atom.